The van der Waals surface area contributed by atoms with E-state index in [-0.39, 0.29) is 6.04 Å². The second kappa shape index (κ2) is 7.09. The average molecular weight is 356 g/mol. The average Bonchev–Trinajstić information content (AvgIpc) is 2.44. The lowest BCUT2D eigenvalue weighted by Crippen LogP contribution is -2.29. The number of nitrogens with one attached hydrogen (secondary N) is 1. The molecule has 2 aromatic carbocycles. The molecule has 0 saturated heterocycles. The second-order valence-electron chi connectivity index (χ2n) is 4.27. The minimum Gasteiger partial charge on any atom is -0.494 e. The van der Waals surface area contributed by atoms with Gasteiger partial charge in [-0.05, 0) is 48.4 Å². The largest absolute Gasteiger partial charge is 0.494 e. The number of hydrazine groups is 1. The first-order valence-electron chi connectivity index (χ1n) is 6.29. The Bertz CT molecular complexity index is 592. The van der Waals surface area contributed by atoms with Gasteiger partial charge in [-0.1, -0.05) is 39.7 Å². The molecule has 0 aliphatic heterocycles. The van der Waals surface area contributed by atoms with Gasteiger partial charge < -0.3 is 4.74 Å². The molecule has 0 aliphatic carbocycles. The summed E-state index contributed by atoms with van der Waals surface area (Å²) in [5, 5.41) is 0.665. The molecule has 0 fully saturated rings. The topological polar surface area (TPSA) is 47.3 Å². The lowest BCUT2D eigenvalue weighted by molar-refractivity contribution is 0.339. The lowest BCUT2D eigenvalue weighted by Gasteiger charge is -2.19. The molecule has 3 nitrogen and oxygen atoms in total. The molecule has 0 aromatic heterocycles. The molecule has 0 radical (unpaired) electrons. The van der Waals surface area contributed by atoms with E-state index in [4.69, 9.17) is 22.2 Å². The number of hydrogen-bond acceptors (Lipinski definition) is 3. The summed E-state index contributed by atoms with van der Waals surface area (Å²) in [5.41, 5.74) is 4.72. The van der Waals surface area contributed by atoms with Gasteiger partial charge in [0.05, 0.1) is 12.6 Å². The maximum Gasteiger partial charge on any atom is 0.119 e. The molecule has 20 heavy (non-hydrogen) atoms. The molecule has 1 unspecified atom stereocenters. The van der Waals surface area contributed by atoms with Crippen LogP contribution in [0.1, 0.15) is 24.1 Å². The molecule has 0 aliphatic rings. The molecule has 0 saturated carbocycles. The van der Waals surface area contributed by atoms with E-state index in [0.717, 1.165) is 21.3 Å². The Morgan fingerprint density at radius 3 is 2.80 bits per heavy atom. The van der Waals surface area contributed by atoms with Crippen molar-refractivity contribution in [2.24, 2.45) is 5.84 Å². The Labute approximate surface area is 132 Å². The van der Waals surface area contributed by atoms with Crippen molar-refractivity contribution in [1.29, 1.82) is 0 Å². The van der Waals surface area contributed by atoms with Crippen LogP contribution in [-0.4, -0.2) is 6.61 Å². The Balaban J connectivity index is 2.41. The van der Waals surface area contributed by atoms with Crippen LogP contribution in [0.25, 0.3) is 0 Å². The van der Waals surface area contributed by atoms with Crippen molar-refractivity contribution in [1.82, 2.24) is 5.43 Å². The van der Waals surface area contributed by atoms with Crippen LogP contribution in [0.15, 0.2) is 46.9 Å². The van der Waals surface area contributed by atoms with Crippen molar-refractivity contribution >= 4 is 27.5 Å². The van der Waals surface area contributed by atoms with Crippen LogP contribution in [-0.2, 0) is 0 Å². The van der Waals surface area contributed by atoms with Crippen LogP contribution in [0.2, 0.25) is 5.02 Å². The van der Waals surface area contributed by atoms with Crippen LogP contribution in [0.5, 0.6) is 5.75 Å². The van der Waals surface area contributed by atoms with Crippen molar-refractivity contribution in [3.05, 3.63) is 63.1 Å². The van der Waals surface area contributed by atoms with Crippen molar-refractivity contribution in [2.75, 3.05) is 6.61 Å². The van der Waals surface area contributed by atoms with Crippen LogP contribution in [0.3, 0.4) is 0 Å². The number of rotatable bonds is 5. The molecule has 1 atom stereocenters. The highest BCUT2D eigenvalue weighted by Crippen LogP contribution is 2.31. The predicted molar refractivity (Wildman–Crippen MR) is 85.9 cm³/mol. The van der Waals surface area contributed by atoms with E-state index in [2.05, 4.69) is 21.4 Å². The summed E-state index contributed by atoms with van der Waals surface area (Å²) < 4.78 is 6.48. The van der Waals surface area contributed by atoms with E-state index in [1.54, 1.807) is 0 Å². The van der Waals surface area contributed by atoms with Gasteiger partial charge in [-0.3, -0.25) is 5.84 Å². The van der Waals surface area contributed by atoms with Crippen molar-refractivity contribution in [3.8, 4) is 5.75 Å². The minimum absolute atomic E-state index is 0.194. The van der Waals surface area contributed by atoms with Gasteiger partial charge in [-0.2, -0.15) is 0 Å². The van der Waals surface area contributed by atoms with E-state index in [0.29, 0.717) is 11.6 Å². The Hall–Kier alpha value is -1.07. The van der Waals surface area contributed by atoms with E-state index in [9.17, 15) is 0 Å². The Kier molecular flexibility index (Phi) is 5.43. The summed E-state index contributed by atoms with van der Waals surface area (Å²) in [6, 6.07) is 13.3. The van der Waals surface area contributed by atoms with Crippen molar-refractivity contribution < 1.29 is 4.74 Å². The summed E-state index contributed by atoms with van der Waals surface area (Å²) in [6.07, 6.45) is 0. The maximum atomic E-state index is 6.27. The molecule has 0 bridgehead atoms. The molecule has 2 aromatic rings. The van der Waals surface area contributed by atoms with Gasteiger partial charge in [0, 0.05) is 9.50 Å². The molecule has 5 heteroatoms. The second-order valence-corrected chi connectivity index (χ2v) is 5.59. The summed E-state index contributed by atoms with van der Waals surface area (Å²) in [5.74, 6) is 6.53. The summed E-state index contributed by atoms with van der Waals surface area (Å²) in [4.78, 5) is 0. The Morgan fingerprint density at radius 2 is 2.10 bits per heavy atom. The smallest absolute Gasteiger partial charge is 0.119 e. The van der Waals surface area contributed by atoms with Gasteiger partial charge in [0.25, 0.3) is 0 Å². The third-order valence-corrected chi connectivity index (χ3v) is 3.78. The van der Waals surface area contributed by atoms with E-state index in [1.165, 1.54) is 0 Å². The zero-order valence-corrected chi connectivity index (χ0v) is 13.4. The van der Waals surface area contributed by atoms with Gasteiger partial charge in [-0.25, -0.2) is 5.43 Å². The number of benzene rings is 2. The van der Waals surface area contributed by atoms with Gasteiger partial charge in [0.1, 0.15) is 5.75 Å². The first kappa shape index (κ1) is 15.3. The number of ether oxygens (including phenoxy) is 1. The molecule has 0 amide bonds. The van der Waals surface area contributed by atoms with Gasteiger partial charge >= 0.3 is 0 Å². The Morgan fingerprint density at radius 1 is 1.30 bits per heavy atom. The van der Waals surface area contributed by atoms with E-state index < -0.39 is 0 Å². The normalized spacial score (nSPS) is 12.2. The fraction of sp³-hybridized carbons (Fsp3) is 0.200. The quantitative estimate of drug-likeness (QED) is 0.628. The standard InChI is InChI=1S/C15H16BrClN2O/c1-2-20-12-5-3-4-10(8-12)15(19-18)13-9-11(16)6-7-14(13)17/h3-9,15,19H,2,18H2,1H3. The summed E-state index contributed by atoms with van der Waals surface area (Å²) in [6.45, 7) is 2.58. The molecule has 106 valence electrons. The highest BCUT2D eigenvalue weighted by atomic mass is 79.9. The van der Waals surface area contributed by atoms with Crippen LogP contribution >= 0.6 is 27.5 Å². The monoisotopic (exact) mass is 354 g/mol. The maximum absolute atomic E-state index is 6.27. The SMILES string of the molecule is CCOc1cccc(C(NN)c2cc(Br)ccc2Cl)c1. The van der Waals surface area contributed by atoms with Crippen molar-refractivity contribution in [3.63, 3.8) is 0 Å². The fourth-order valence-electron chi connectivity index (χ4n) is 2.05. The molecule has 0 heterocycles. The van der Waals surface area contributed by atoms with E-state index >= 15 is 0 Å². The first-order chi connectivity index (χ1) is 9.65. The van der Waals surface area contributed by atoms with Gasteiger partial charge in [-0.15, -0.1) is 0 Å². The third kappa shape index (κ3) is 3.52. The predicted octanol–water partition coefficient (Wildman–Crippen LogP) is 4.05. The van der Waals surface area contributed by atoms with Crippen LogP contribution in [0, 0.1) is 0 Å². The summed E-state index contributed by atoms with van der Waals surface area (Å²) >= 11 is 9.73. The summed E-state index contributed by atoms with van der Waals surface area (Å²) in [7, 11) is 0. The molecular weight excluding hydrogens is 340 g/mol. The molecule has 2 rings (SSSR count). The minimum atomic E-state index is -0.194. The van der Waals surface area contributed by atoms with Gasteiger partial charge in [0.2, 0.25) is 0 Å². The first-order valence-corrected chi connectivity index (χ1v) is 7.46. The molecule has 3 N–H and O–H groups in total. The zero-order valence-electron chi connectivity index (χ0n) is 11.1. The third-order valence-electron chi connectivity index (χ3n) is 2.94. The fourth-order valence-corrected chi connectivity index (χ4v) is 2.66. The number of hydrogen-bond donors (Lipinski definition) is 2. The van der Waals surface area contributed by atoms with Crippen LogP contribution < -0.4 is 16.0 Å². The highest BCUT2D eigenvalue weighted by molar-refractivity contribution is 9.10. The number of halogens is 2. The van der Waals surface area contributed by atoms with Gasteiger partial charge in [0.15, 0.2) is 0 Å². The molecule has 0 spiro atoms. The lowest BCUT2D eigenvalue weighted by atomic mass is 9.99. The van der Waals surface area contributed by atoms with Crippen molar-refractivity contribution in [2.45, 2.75) is 13.0 Å². The van der Waals surface area contributed by atoms with Crippen LogP contribution in [0.4, 0.5) is 0 Å². The number of nitrogens with two attached hydrogens (primary N) is 1. The molecular formula is C15H16BrClN2O. The highest BCUT2D eigenvalue weighted by Gasteiger charge is 2.16. The zero-order chi connectivity index (χ0) is 14.5. The van der Waals surface area contributed by atoms with E-state index in [1.807, 2.05) is 49.4 Å².